The summed E-state index contributed by atoms with van der Waals surface area (Å²) >= 11 is 0. The number of ether oxygens (including phenoxy) is 3. The van der Waals surface area contributed by atoms with E-state index in [1.807, 2.05) is 42.6 Å². The van der Waals surface area contributed by atoms with Crippen LogP contribution in [0.2, 0.25) is 0 Å². The van der Waals surface area contributed by atoms with Crippen LogP contribution in [0.1, 0.15) is 12.0 Å². The third-order valence-electron chi connectivity index (χ3n) is 6.26. The molecule has 3 heterocycles. The highest BCUT2D eigenvalue weighted by atomic mass is 16.5. The minimum absolute atomic E-state index is 0.0857. The number of H-pyrrole nitrogens is 1. The second kappa shape index (κ2) is 9.15. The second-order valence-corrected chi connectivity index (χ2v) is 8.66. The van der Waals surface area contributed by atoms with E-state index in [0.717, 1.165) is 47.7 Å². The normalized spacial score (nSPS) is 20.1. The van der Waals surface area contributed by atoms with Gasteiger partial charge in [0.05, 0.1) is 24.9 Å². The Morgan fingerprint density at radius 3 is 2.91 bits per heavy atom. The zero-order valence-electron chi connectivity index (χ0n) is 18.8. The first-order chi connectivity index (χ1) is 16.1. The summed E-state index contributed by atoms with van der Waals surface area (Å²) in [5.41, 5.74) is 3.58. The van der Waals surface area contributed by atoms with Gasteiger partial charge in [0.25, 0.3) is 0 Å². The van der Waals surface area contributed by atoms with Crippen molar-refractivity contribution < 1.29 is 19.0 Å². The Morgan fingerprint density at radius 2 is 2.15 bits per heavy atom. The van der Waals surface area contributed by atoms with Gasteiger partial charge in [-0.15, -0.1) is 0 Å². The molecule has 33 heavy (non-hydrogen) atoms. The third-order valence-corrected chi connectivity index (χ3v) is 6.26. The van der Waals surface area contributed by atoms with Gasteiger partial charge in [-0.1, -0.05) is 6.07 Å². The van der Waals surface area contributed by atoms with Gasteiger partial charge in [0.2, 0.25) is 5.91 Å². The molecular weight excluding hydrogens is 420 g/mol. The SMILES string of the molecule is COc1ccc2c(c1)C[C@@H](C(=O)Nc1ccc(-c3cn[nH]c3)cc1O[C@@H]1CCN(C)C1)CO2. The van der Waals surface area contributed by atoms with Crippen molar-refractivity contribution in [3.63, 3.8) is 0 Å². The van der Waals surface area contributed by atoms with Gasteiger partial charge in [-0.05, 0) is 61.3 Å². The van der Waals surface area contributed by atoms with Crippen LogP contribution in [0, 0.1) is 5.92 Å². The predicted molar refractivity (Wildman–Crippen MR) is 125 cm³/mol. The Balaban J connectivity index is 1.36. The standard InChI is InChI=1S/C25H28N4O4/c1-29-8-7-21(14-29)33-24-11-16(19-12-26-27-13-19)3-5-22(24)28-25(30)18-9-17-10-20(31-2)4-6-23(17)32-15-18/h3-6,10-13,18,21H,7-9,14-15H2,1-2H3,(H,26,27)(H,28,30)/t18-,21-/m1/s1. The molecule has 0 bridgehead atoms. The molecule has 5 rings (SSSR count). The molecule has 2 aliphatic heterocycles. The summed E-state index contributed by atoms with van der Waals surface area (Å²) < 4.78 is 17.5. The number of hydrogen-bond donors (Lipinski definition) is 2. The second-order valence-electron chi connectivity index (χ2n) is 8.66. The number of carbonyl (C=O) groups is 1. The van der Waals surface area contributed by atoms with Crippen molar-refractivity contribution in [2.45, 2.75) is 18.9 Å². The van der Waals surface area contributed by atoms with Crippen molar-refractivity contribution >= 4 is 11.6 Å². The lowest BCUT2D eigenvalue weighted by Gasteiger charge is -2.25. The fraction of sp³-hybridized carbons (Fsp3) is 0.360. The summed E-state index contributed by atoms with van der Waals surface area (Å²) in [4.78, 5) is 15.4. The van der Waals surface area contributed by atoms with Crippen LogP contribution in [0.4, 0.5) is 5.69 Å². The van der Waals surface area contributed by atoms with Crippen molar-refractivity contribution in [3.05, 3.63) is 54.4 Å². The molecule has 1 saturated heterocycles. The quantitative estimate of drug-likeness (QED) is 0.601. The lowest BCUT2D eigenvalue weighted by atomic mass is 9.95. The van der Waals surface area contributed by atoms with Gasteiger partial charge in [0, 0.05) is 24.8 Å². The molecule has 1 aromatic heterocycles. The Morgan fingerprint density at radius 1 is 1.24 bits per heavy atom. The van der Waals surface area contributed by atoms with Crippen molar-refractivity contribution in [2.24, 2.45) is 5.92 Å². The van der Waals surface area contributed by atoms with Crippen LogP contribution in [0.25, 0.3) is 11.1 Å². The number of likely N-dealkylation sites (tertiary alicyclic amines) is 1. The smallest absolute Gasteiger partial charge is 0.231 e. The minimum Gasteiger partial charge on any atom is -0.497 e. The first-order valence-electron chi connectivity index (χ1n) is 11.2. The van der Waals surface area contributed by atoms with E-state index in [1.54, 1.807) is 13.3 Å². The molecular formula is C25H28N4O4. The van der Waals surface area contributed by atoms with Crippen LogP contribution in [0.5, 0.6) is 17.2 Å². The molecule has 2 N–H and O–H groups in total. The number of nitrogens with one attached hydrogen (secondary N) is 2. The number of nitrogens with zero attached hydrogens (tertiary/aromatic N) is 2. The summed E-state index contributed by atoms with van der Waals surface area (Å²) in [5.74, 6) is 1.84. The number of benzene rings is 2. The first kappa shape index (κ1) is 21.3. The lowest BCUT2D eigenvalue weighted by Crippen LogP contribution is -2.33. The van der Waals surface area contributed by atoms with Gasteiger partial charge in [0.15, 0.2) is 0 Å². The van der Waals surface area contributed by atoms with E-state index < -0.39 is 0 Å². The van der Waals surface area contributed by atoms with E-state index in [0.29, 0.717) is 24.5 Å². The number of amides is 1. The Bertz CT molecular complexity index is 1130. The van der Waals surface area contributed by atoms with Gasteiger partial charge < -0.3 is 24.4 Å². The predicted octanol–water partition coefficient (Wildman–Crippen LogP) is 3.36. The van der Waals surface area contributed by atoms with Crippen molar-refractivity contribution in [1.82, 2.24) is 15.1 Å². The highest BCUT2D eigenvalue weighted by Gasteiger charge is 2.28. The van der Waals surface area contributed by atoms with Crippen LogP contribution in [0.15, 0.2) is 48.8 Å². The largest absolute Gasteiger partial charge is 0.497 e. The number of aromatic amines is 1. The number of anilines is 1. The molecule has 2 aliphatic rings. The van der Waals surface area contributed by atoms with E-state index in [1.165, 1.54) is 0 Å². The van der Waals surface area contributed by atoms with E-state index >= 15 is 0 Å². The van der Waals surface area contributed by atoms with E-state index in [-0.39, 0.29) is 17.9 Å². The number of hydrogen-bond acceptors (Lipinski definition) is 6. The van der Waals surface area contributed by atoms with Gasteiger partial charge in [-0.25, -0.2) is 0 Å². The summed E-state index contributed by atoms with van der Waals surface area (Å²) in [7, 11) is 3.72. The van der Waals surface area contributed by atoms with Crippen LogP contribution >= 0.6 is 0 Å². The summed E-state index contributed by atoms with van der Waals surface area (Å²) in [6.07, 6.45) is 5.24. The third kappa shape index (κ3) is 4.66. The number of likely N-dealkylation sites (N-methyl/N-ethyl adjacent to an activating group) is 1. The minimum atomic E-state index is -0.302. The van der Waals surface area contributed by atoms with Gasteiger partial charge in [-0.3, -0.25) is 9.89 Å². The van der Waals surface area contributed by atoms with Gasteiger partial charge >= 0.3 is 0 Å². The van der Waals surface area contributed by atoms with Crippen molar-refractivity contribution in [1.29, 1.82) is 0 Å². The molecule has 0 radical (unpaired) electrons. The fourth-order valence-corrected chi connectivity index (χ4v) is 4.38. The Kier molecular flexibility index (Phi) is 5.92. The molecule has 8 heteroatoms. The Hall–Kier alpha value is -3.52. The molecule has 172 valence electrons. The molecule has 0 saturated carbocycles. The molecule has 8 nitrogen and oxygen atoms in total. The highest BCUT2D eigenvalue weighted by molar-refractivity contribution is 5.95. The maximum absolute atomic E-state index is 13.2. The maximum atomic E-state index is 13.2. The molecule has 2 aromatic carbocycles. The molecule has 0 aliphatic carbocycles. The molecule has 3 aromatic rings. The molecule has 0 spiro atoms. The number of aromatic nitrogens is 2. The number of rotatable bonds is 6. The van der Waals surface area contributed by atoms with Crippen LogP contribution in [-0.2, 0) is 11.2 Å². The topological polar surface area (TPSA) is 88.7 Å². The summed E-state index contributed by atoms with van der Waals surface area (Å²) in [6.45, 7) is 2.19. The van der Waals surface area contributed by atoms with Crippen LogP contribution < -0.4 is 19.5 Å². The number of carbonyl (C=O) groups excluding carboxylic acids is 1. The van der Waals surface area contributed by atoms with Crippen molar-refractivity contribution in [3.8, 4) is 28.4 Å². The van der Waals surface area contributed by atoms with Crippen LogP contribution in [0.3, 0.4) is 0 Å². The molecule has 1 fully saturated rings. The van der Waals surface area contributed by atoms with E-state index in [2.05, 4.69) is 27.5 Å². The fourth-order valence-electron chi connectivity index (χ4n) is 4.38. The first-order valence-corrected chi connectivity index (χ1v) is 11.2. The van der Waals surface area contributed by atoms with Crippen LogP contribution in [-0.4, -0.2) is 61.0 Å². The summed E-state index contributed by atoms with van der Waals surface area (Å²) in [6, 6.07) is 11.5. The zero-order valence-corrected chi connectivity index (χ0v) is 18.8. The van der Waals surface area contributed by atoms with E-state index in [4.69, 9.17) is 14.2 Å². The zero-order chi connectivity index (χ0) is 22.8. The van der Waals surface area contributed by atoms with Crippen molar-refractivity contribution in [2.75, 3.05) is 39.2 Å². The average molecular weight is 449 g/mol. The lowest BCUT2D eigenvalue weighted by molar-refractivity contribution is -0.121. The molecule has 2 atom stereocenters. The summed E-state index contributed by atoms with van der Waals surface area (Å²) in [5, 5.41) is 9.97. The monoisotopic (exact) mass is 448 g/mol. The maximum Gasteiger partial charge on any atom is 0.231 e. The molecule has 1 amide bonds. The molecule has 0 unspecified atom stereocenters. The highest BCUT2D eigenvalue weighted by Crippen LogP contribution is 2.35. The van der Waals surface area contributed by atoms with Gasteiger partial charge in [0.1, 0.15) is 30.0 Å². The number of fused-ring (bicyclic) bond motifs is 1. The van der Waals surface area contributed by atoms with Gasteiger partial charge in [-0.2, -0.15) is 5.10 Å². The number of methoxy groups -OCH3 is 1. The van der Waals surface area contributed by atoms with E-state index in [9.17, 15) is 4.79 Å². The average Bonchev–Trinajstić information content (AvgIpc) is 3.51. The Labute approximate surface area is 192 Å².